The summed E-state index contributed by atoms with van der Waals surface area (Å²) < 4.78 is 1.88. The second-order valence-corrected chi connectivity index (χ2v) is 4.61. The van der Waals surface area contributed by atoms with E-state index < -0.39 is 0 Å². The second-order valence-electron chi connectivity index (χ2n) is 4.61. The van der Waals surface area contributed by atoms with Crippen LogP contribution in [0.4, 0.5) is 0 Å². The van der Waals surface area contributed by atoms with Crippen LogP contribution in [0.3, 0.4) is 0 Å². The van der Waals surface area contributed by atoms with Crippen LogP contribution in [0, 0.1) is 0 Å². The number of allylic oxidation sites excluding steroid dienone is 1. The van der Waals surface area contributed by atoms with Crippen molar-refractivity contribution in [1.82, 2.24) is 20.3 Å². The van der Waals surface area contributed by atoms with Gasteiger partial charge < -0.3 is 5.32 Å². The van der Waals surface area contributed by atoms with E-state index in [1.807, 2.05) is 59.6 Å². The van der Waals surface area contributed by atoms with Gasteiger partial charge >= 0.3 is 0 Å². The molecule has 1 aliphatic heterocycles. The first-order valence-corrected chi connectivity index (χ1v) is 6.46. The number of fused-ring (bicyclic) bond motifs is 2. The Hall–Kier alpha value is -2.88. The third kappa shape index (κ3) is 1.62. The molecule has 0 bridgehead atoms. The molecule has 0 fully saturated rings. The van der Waals surface area contributed by atoms with E-state index in [-0.39, 0.29) is 0 Å². The largest absolute Gasteiger partial charge is 0.367 e. The van der Waals surface area contributed by atoms with Crippen LogP contribution in [0.15, 0.2) is 60.8 Å². The van der Waals surface area contributed by atoms with Gasteiger partial charge in [-0.05, 0) is 23.4 Å². The quantitative estimate of drug-likeness (QED) is 0.708. The molecule has 0 saturated carbocycles. The van der Waals surface area contributed by atoms with E-state index in [1.54, 1.807) is 0 Å². The Balaban J connectivity index is 2.14. The first kappa shape index (κ1) is 11.0. The maximum Gasteiger partial charge on any atom is 0.113 e. The number of benzene rings is 2. The molecule has 4 heteroatoms. The predicted octanol–water partition coefficient (Wildman–Crippen LogP) is 0.943. The van der Waals surface area contributed by atoms with Crippen molar-refractivity contribution in [3.05, 3.63) is 71.2 Å². The number of para-hydroxylation sites is 1. The Bertz CT molecular complexity index is 934. The standard InChI is InChI=1S/C16H12N4/c1-2-6-13-12(5-1)11-17-10-9-15(13)20-16-8-4-3-7-14(16)18-19-20/h1-11,17H. The van der Waals surface area contributed by atoms with E-state index in [0.29, 0.717) is 0 Å². The van der Waals surface area contributed by atoms with Gasteiger partial charge in [-0.3, -0.25) is 0 Å². The van der Waals surface area contributed by atoms with Gasteiger partial charge in [0.05, 0.1) is 11.2 Å². The Morgan fingerprint density at radius 2 is 1.80 bits per heavy atom. The lowest BCUT2D eigenvalue weighted by Crippen LogP contribution is -2.28. The fraction of sp³-hybridized carbons (Fsp3) is 0. The van der Waals surface area contributed by atoms with Gasteiger partial charge in [0.2, 0.25) is 0 Å². The smallest absolute Gasteiger partial charge is 0.113 e. The van der Waals surface area contributed by atoms with Crippen LogP contribution in [0.25, 0.3) is 22.9 Å². The zero-order chi connectivity index (χ0) is 13.4. The van der Waals surface area contributed by atoms with Crippen LogP contribution in [-0.2, 0) is 0 Å². The molecule has 0 aliphatic carbocycles. The molecule has 0 radical (unpaired) electrons. The summed E-state index contributed by atoms with van der Waals surface area (Å²) in [7, 11) is 0. The van der Waals surface area contributed by atoms with Crippen molar-refractivity contribution < 1.29 is 0 Å². The number of nitrogens with zero attached hydrogens (tertiary/aromatic N) is 3. The van der Waals surface area contributed by atoms with Crippen LogP contribution < -0.4 is 15.8 Å². The van der Waals surface area contributed by atoms with Crippen molar-refractivity contribution in [2.45, 2.75) is 0 Å². The summed E-state index contributed by atoms with van der Waals surface area (Å²) >= 11 is 0. The number of nitrogens with one attached hydrogen (secondary N) is 1. The lowest BCUT2D eigenvalue weighted by Gasteiger charge is -2.03. The van der Waals surface area contributed by atoms with Crippen molar-refractivity contribution in [3.8, 4) is 0 Å². The lowest BCUT2D eigenvalue weighted by atomic mass is 10.2. The third-order valence-electron chi connectivity index (χ3n) is 3.39. The summed E-state index contributed by atoms with van der Waals surface area (Å²) in [6, 6.07) is 16.2. The topological polar surface area (TPSA) is 42.7 Å². The van der Waals surface area contributed by atoms with Crippen molar-refractivity contribution in [1.29, 1.82) is 0 Å². The highest BCUT2D eigenvalue weighted by atomic mass is 15.4. The van der Waals surface area contributed by atoms with Crippen molar-refractivity contribution in [2.24, 2.45) is 0 Å². The molecular weight excluding hydrogens is 248 g/mol. The summed E-state index contributed by atoms with van der Waals surface area (Å²) in [5.41, 5.74) is 2.91. The molecular formula is C16H12N4. The van der Waals surface area contributed by atoms with E-state index in [9.17, 15) is 0 Å². The summed E-state index contributed by atoms with van der Waals surface area (Å²) in [6.07, 6.45) is 5.91. The van der Waals surface area contributed by atoms with Gasteiger partial charge in [-0.2, -0.15) is 0 Å². The minimum atomic E-state index is 0.895. The molecule has 4 nitrogen and oxygen atoms in total. The molecule has 1 N–H and O–H groups in total. The van der Waals surface area contributed by atoms with Crippen LogP contribution in [0.2, 0.25) is 0 Å². The van der Waals surface area contributed by atoms with Gasteiger partial charge in [0, 0.05) is 17.6 Å². The molecule has 3 aromatic rings. The van der Waals surface area contributed by atoms with Crippen LogP contribution >= 0.6 is 0 Å². The van der Waals surface area contributed by atoms with Gasteiger partial charge in [0.25, 0.3) is 0 Å². The van der Waals surface area contributed by atoms with E-state index in [0.717, 1.165) is 27.2 Å². The molecule has 1 aliphatic rings. The van der Waals surface area contributed by atoms with Gasteiger partial charge in [-0.15, -0.1) is 5.10 Å². The van der Waals surface area contributed by atoms with Gasteiger partial charge in [-0.25, -0.2) is 4.68 Å². The SMILES string of the molecule is C1=CC(n2nnc3ccccc32)=c2ccccc2=CN1. The molecule has 96 valence electrons. The highest BCUT2D eigenvalue weighted by Gasteiger charge is 2.08. The first-order valence-electron chi connectivity index (χ1n) is 6.46. The fourth-order valence-corrected chi connectivity index (χ4v) is 2.44. The average molecular weight is 260 g/mol. The van der Waals surface area contributed by atoms with Crippen LogP contribution in [-0.4, -0.2) is 15.0 Å². The van der Waals surface area contributed by atoms with Gasteiger partial charge in [-0.1, -0.05) is 41.6 Å². The summed E-state index contributed by atoms with van der Waals surface area (Å²) in [6.45, 7) is 0. The highest BCUT2D eigenvalue weighted by Crippen LogP contribution is 2.13. The Morgan fingerprint density at radius 3 is 2.80 bits per heavy atom. The zero-order valence-corrected chi connectivity index (χ0v) is 10.7. The molecule has 0 spiro atoms. The van der Waals surface area contributed by atoms with Gasteiger partial charge in [0.15, 0.2) is 0 Å². The van der Waals surface area contributed by atoms with E-state index in [1.165, 1.54) is 0 Å². The Morgan fingerprint density at radius 1 is 0.950 bits per heavy atom. The minimum absolute atomic E-state index is 0.895. The predicted molar refractivity (Wildman–Crippen MR) is 78.8 cm³/mol. The molecule has 1 aromatic heterocycles. The minimum Gasteiger partial charge on any atom is -0.367 e. The molecule has 4 rings (SSSR count). The molecule has 0 atom stereocenters. The number of aromatic nitrogens is 3. The maximum atomic E-state index is 4.30. The van der Waals surface area contributed by atoms with E-state index in [2.05, 4.69) is 27.8 Å². The van der Waals surface area contributed by atoms with Crippen LogP contribution in [0.5, 0.6) is 0 Å². The van der Waals surface area contributed by atoms with Crippen molar-refractivity contribution in [3.63, 3.8) is 0 Å². The summed E-state index contributed by atoms with van der Waals surface area (Å²) in [5, 5.41) is 13.9. The molecule has 0 saturated heterocycles. The average Bonchev–Trinajstić information content (AvgIpc) is 2.81. The Labute approximate surface area is 115 Å². The lowest BCUT2D eigenvalue weighted by molar-refractivity contribution is 0.840. The second kappa shape index (κ2) is 4.35. The first-order chi connectivity index (χ1) is 9.93. The molecule has 2 aromatic carbocycles. The number of hydrogen-bond donors (Lipinski definition) is 1. The van der Waals surface area contributed by atoms with Crippen molar-refractivity contribution in [2.75, 3.05) is 0 Å². The fourth-order valence-electron chi connectivity index (χ4n) is 2.44. The van der Waals surface area contributed by atoms with Crippen LogP contribution in [0.1, 0.15) is 0 Å². The van der Waals surface area contributed by atoms with E-state index in [4.69, 9.17) is 0 Å². The van der Waals surface area contributed by atoms with Gasteiger partial charge in [0.1, 0.15) is 5.52 Å². The molecule has 2 heterocycles. The van der Waals surface area contributed by atoms with Crippen molar-refractivity contribution >= 4 is 22.9 Å². The maximum absolute atomic E-state index is 4.30. The number of hydrogen-bond acceptors (Lipinski definition) is 3. The zero-order valence-electron chi connectivity index (χ0n) is 10.7. The summed E-state index contributed by atoms with van der Waals surface area (Å²) in [5.74, 6) is 0. The molecule has 0 unspecified atom stereocenters. The number of rotatable bonds is 1. The monoisotopic (exact) mass is 260 g/mol. The summed E-state index contributed by atoms with van der Waals surface area (Å²) in [4.78, 5) is 0. The normalized spacial score (nSPS) is 13.5. The third-order valence-corrected chi connectivity index (χ3v) is 3.39. The van der Waals surface area contributed by atoms with E-state index >= 15 is 0 Å². The Kier molecular flexibility index (Phi) is 2.39. The highest BCUT2D eigenvalue weighted by molar-refractivity contribution is 5.79. The molecule has 0 amide bonds. The molecule has 20 heavy (non-hydrogen) atoms.